The molecule has 0 atom stereocenters. The van der Waals surface area contributed by atoms with Gasteiger partial charge >= 0.3 is 0 Å². The van der Waals surface area contributed by atoms with Crippen LogP contribution in [0.25, 0.3) is 0 Å². The Balaban J connectivity index is 1.58. The minimum atomic E-state index is -0.160. The first kappa shape index (κ1) is 17.5. The average molecular weight is 378 g/mol. The van der Waals surface area contributed by atoms with Crippen LogP contribution < -0.4 is 5.32 Å². The minimum absolute atomic E-state index is 0.160. The van der Waals surface area contributed by atoms with Gasteiger partial charge in [0, 0.05) is 30.4 Å². The van der Waals surface area contributed by atoms with E-state index in [2.05, 4.69) is 15.5 Å². The number of benzene rings is 1. The van der Waals surface area contributed by atoms with Gasteiger partial charge in [-0.05, 0) is 30.7 Å². The summed E-state index contributed by atoms with van der Waals surface area (Å²) in [5, 5.41) is 12.4. The molecule has 0 saturated heterocycles. The molecule has 0 aliphatic carbocycles. The fraction of sp³-hybridized carbons (Fsp3) is 0.235. The van der Waals surface area contributed by atoms with Crippen LogP contribution in [0.15, 0.2) is 42.7 Å². The molecule has 1 aromatic carbocycles. The van der Waals surface area contributed by atoms with E-state index in [4.69, 9.17) is 23.2 Å². The zero-order valence-electron chi connectivity index (χ0n) is 13.6. The normalized spacial score (nSPS) is 10.8. The lowest BCUT2D eigenvalue weighted by atomic mass is 10.2. The Hall–Kier alpha value is -2.31. The number of carbonyl (C=O) groups excluding carboxylic acids is 1. The second-order valence-corrected chi connectivity index (χ2v) is 6.51. The fourth-order valence-electron chi connectivity index (χ4n) is 2.34. The van der Waals surface area contributed by atoms with E-state index >= 15 is 0 Å². The molecule has 1 N–H and O–H groups in total. The summed E-state index contributed by atoms with van der Waals surface area (Å²) < 4.78 is 3.41. The van der Waals surface area contributed by atoms with Crippen LogP contribution in [0.2, 0.25) is 10.0 Å². The van der Waals surface area contributed by atoms with Crippen LogP contribution in [0.5, 0.6) is 0 Å². The number of aryl methyl sites for hydroxylation is 2. The molecule has 1 amide bonds. The third-order valence-corrected chi connectivity index (χ3v) is 4.10. The summed E-state index contributed by atoms with van der Waals surface area (Å²) in [6.45, 7) is 2.95. The van der Waals surface area contributed by atoms with Gasteiger partial charge in [0.15, 0.2) is 5.82 Å². The van der Waals surface area contributed by atoms with Gasteiger partial charge in [-0.15, -0.1) is 0 Å². The Morgan fingerprint density at radius 2 is 1.88 bits per heavy atom. The van der Waals surface area contributed by atoms with Crippen molar-refractivity contribution >= 4 is 34.9 Å². The maximum absolute atomic E-state index is 12.1. The van der Waals surface area contributed by atoms with Crippen LogP contribution in [-0.2, 0) is 17.9 Å². The van der Waals surface area contributed by atoms with Gasteiger partial charge in [0.25, 0.3) is 0 Å². The second kappa shape index (κ2) is 7.72. The number of nitrogens with zero attached hydrogens (tertiary/aromatic N) is 4. The van der Waals surface area contributed by atoms with Crippen molar-refractivity contribution in [2.24, 2.45) is 0 Å². The van der Waals surface area contributed by atoms with Crippen molar-refractivity contribution in [3.05, 3.63) is 64.0 Å². The molecule has 3 rings (SSSR count). The summed E-state index contributed by atoms with van der Waals surface area (Å²) in [5.41, 5.74) is 1.96. The Labute approximate surface area is 155 Å². The number of halogens is 2. The fourth-order valence-corrected chi connectivity index (χ4v) is 2.66. The van der Waals surface area contributed by atoms with Crippen LogP contribution in [0.3, 0.4) is 0 Å². The van der Waals surface area contributed by atoms with Crippen molar-refractivity contribution in [3.63, 3.8) is 0 Å². The molecule has 3 aromatic rings. The molecule has 2 heterocycles. The molecule has 0 unspecified atom stereocenters. The molecular formula is C17H17Cl2N5O. The summed E-state index contributed by atoms with van der Waals surface area (Å²) >= 11 is 12.0. The van der Waals surface area contributed by atoms with Crippen LogP contribution in [-0.4, -0.2) is 25.5 Å². The molecule has 0 fully saturated rings. The summed E-state index contributed by atoms with van der Waals surface area (Å²) in [5.74, 6) is 0.198. The zero-order chi connectivity index (χ0) is 17.8. The molecule has 0 aliphatic heterocycles. The van der Waals surface area contributed by atoms with E-state index in [0.717, 1.165) is 11.3 Å². The molecule has 2 aromatic heterocycles. The summed E-state index contributed by atoms with van der Waals surface area (Å²) in [4.78, 5) is 12.1. The molecule has 0 aliphatic rings. The number of amides is 1. The van der Waals surface area contributed by atoms with Crippen molar-refractivity contribution in [1.82, 2.24) is 19.6 Å². The van der Waals surface area contributed by atoms with E-state index in [1.807, 2.05) is 43.5 Å². The van der Waals surface area contributed by atoms with Gasteiger partial charge in [0.1, 0.15) is 5.02 Å². The van der Waals surface area contributed by atoms with Gasteiger partial charge in [-0.1, -0.05) is 35.3 Å². The summed E-state index contributed by atoms with van der Waals surface area (Å²) in [7, 11) is 0. The van der Waals surface area contributed by atoms with Gasteiger partial charge in [-0.3, -0.25) is 14.2 Å². The molecule has 8 heteroatoms. The molecule has 0 bridgehead atoms. The van der Waals surface area contributed by atoms with Crippen molar-refractivity contribution in [1.29, 1.82) is 0 Å². The van der Waals surface area contributed by atoms with Crippen LogP contribution in [0.4, 0.5) is 5.82 Å². The van der Waals surface area contributed by atoms with Gasteiger partial charge in [0.2, 0.25) is 5.91 Å². The highest BCUT2D eigenvalue weighted by atomic mass is 35.5. The number of hydrogen-bond donors (Lipinski definition) is 1. The maximum atomic E-state index is 12.1. The van der Waals surface area contributed by atoms with E-state index in [-0.39, 0.29) is 5.91 Å². The smallest absolute Gasteiger partial charge is 0.227 e. The van der Waals surface area contributed by atoms with Gasteiger partial charge in [0.05, 0.1) is 12.2 Å². The summed E-state index contributed by atoms with van der Waals surface area (Å²) in [6, 6.07) is 9.38. The first-order valence-electron chi connectivity index (χ1n) is 7.77. The average Bonchev–Trinajstić information content (AvgIpc) is 3.14. The molecule has 0 spiro atoms. The lowest BCUT2D eigenvalue weighted by Gasteiger charge is -2.04. The molecular weight excluding hydrogens is 361 g/mol. The molecule has 6 nitrogen and oxygen atoms in total. The number of nitrogens with one attached hydrogen (secondary N) is 1. The molecule has 25 heavy (non-hydrogen) atoms. The monoisotopic (exact) mass is 377 g/mol. The molecule has 0 radical (unpaired) electrons. The quantitative estimate of drug-likeness (QED) is 0.710. The molecule has 130 valence electrons. The third-order valence-electron chi connectivity index (χ3n) is 3.57. The number of carbonyl (C=O) groups is 1. The summed E-state index contributed by atoms with van der Waals surface area (Å²) in [6.07, 6.45) is 3.82. The second-order valence-electron chi connectivity index (χ2n) is 5.67. The number of aromatic nitrogens is 4. The highest BCUT2D eigenvalue weighted by Crippen LogP contribution is 2.20. The zero-order valence-corrected chi connectivity index (χ0v) is 15.1. The van der Waals surface area contributed by atoms with Gasteiger partial charge in [-0.2, -0.15) is 10.2 Å². The topological polar surface area (TPSA) is 64.7 Å². The predicted octanol–water partition coefficient (Wildman–Crippen LogP) is 3.77. The first-order valence-corrected chi connectivity index (χ1v) is 8.52. The van der Waals surface area contributed by atoms with E-state index in [1.165, 1.54) is 0 Å². The van der Waals surface area contributed by atoms with E-state index in [1.54, 1.807) is 15.6 Å². The number of anilines is 1. The van der Waals surface area contributed by atoms with Crippen LogP contribution >= 0.6 is 23.2 Å². The lowest BCUT2D eigenvalue weighted by molar-refractivity contribution is -0.116. The van der Waals surface area contributed by atoms with E-state index < -0.39 is 0 Å². The first-order chi connectivity index (χ1) is 12.0. The maximum Gasteiger partial charge on any atom is 0.227 e. The Morgan fingerprint density at radius 3 is 2.56 bits per heavy atom. The Morgan fingerprint density at radius 1 is 1.12 bits per heavy atom. The van der Waals surface area contributed by atoms with Crippen molar-refractivity contribution in [3.8, 4) is 0 Å². The Bertz CT molecular complexity index is 870. The molecule has 0 saturated carbocycles. The van der Waals surface area contributed by atoms with Crippen molar-refractivity contribution < 1.29 is 4.79 Å². The van der Waals surface area contributed by atoms with Crippen molar-refractivity contribution in [2.45, 2.75) is 26.4 Å². The largest absolute Gasteiger partial charge is 0.308 e. The van der Waals surface area contributed by atoms with Crippen LogP contribution in [0, 0.1) is 6.92 Å². The van der Waals surface area contributed by atoms with E-state index in [0.29, 0.717) is 35.4 Å². The van der Waals surface area contributed by atoms with Gasteiger partial charge in [-0.25, -0.2) is 0 Å². The highest BCUT2D eigenvalue weighted by molar-refractivity contribution is 6.33. The number of hydrogen-bond acceptors (Lipinski definition) is 3. The lowest BCUT2D eigenvalue weighted by Crippen LogP contribution is -2.15. The minimum Gasteiger partial charge on any atom is -0.308 e. The van der Waals surface area contributed by atoms with Gasteiger partial charge < -0.3 is 5.32 Å². The highest BCUT2D eigenvalue weighted by Gasteiger charge is 2.11. The predicted molar refractivity (Wildman–Crippen MR) is 98.0 cm³/mol. The third kappa shape index (κ3) is 4.84. The van der Waals surface area contributed by atoms with E-state index in [9.17, 15) is 4.79 Å². The SMILES string of the molecule is Cc1ccn(CCC(=O)Nc2nn(Cc3ccc(Cl)cc3)cc2Cl)n1. The standard InChI is InChI=1S/C17H17Cl2N5O/c1-12-6-8-23(21-12)9-7-16(25)20-17-15(19)11-24(22-17)10-13-2-4-14(18)5-3-13/h2-6,8,11H,7,9-10H2,1H3,(H,20,22,25). The van der Waals surface area contributed by atoms with Crippen LogP contribution in [0.1, 0.15) is 17.7 Å². The Kier molecular flexibility index (Phi) is 5.40. The van der Waals surface area contributed by atoms with Crippen molar-refractivity contribution in [2.75, 3.05) is 5.32 Å². The number of rotatable bonds is 6.